The fourth-order valence-electron chi connectivity index (χ4n) is 5.54. The van der Waals surface area contributed by atoms with E-state index < -0.39 is 10.0 Å². The first-order chi connectivity index (χ1) is 16.9. The number of urea groups is 1. The summed E-state index contributed by atoms with van der Waals surface area (Å²) in [6, 6.07) is 8.87. The molecular formula is C26H34N6O3S. The molecular weight excluding hydrogens is 476 g/mol. The highest BCUT2D eigenvalue weighted by Crippen LogP contribution is 2.41. The number of anilines is 1. The number of aryl methyl sites for hydroxylation is 1. The molecule has 2 aliphatic rings. The van der Waals surface area contributed by atoms with Crippen LogP contribution in [0.5, 0.6) is 0 Å². The van der Waals surface area contributed by atoms with Gasteiger partial charge in [0.05, 0.1) is 10.3 Å². The van der Waals surface area contributed by atoms with Crippen molar-refractivity contribution in [3.05, 3.63) is 48.4 Å². The maximum absolute atomic E-state index is 13.3. The van der Waals surface area contributed by atoms with Crippen LogP contribution in [0.25, 0.3) is 11.0 Å². The second-order valence-corrected chi connectivity index (χ2v) is 13.0. The molecule has 1 saturated heterocycles. The molecule has 1 aliphatic heterocycles. The first-order valence-corrected chi connectivity index (χ1v) is 13.8. The summed E-state index contributed by atoms with van der Waals surface area (Å²) in [7, 11) is -1.76. The fraction of sp³-hybridized carbons (Fsp3) is 0.500. The predicted octanol–water partition coefficient (Wildman–Crippen LogP) is 3.63. The number of rotatable bonds is 4. The summed E-state index contributed by atoms with van der Waals surface area (Å²) in [5.41, 5.74) is 1.12. The molecule has 2 fully saturated rings. The van der Waals surface area contributed by atoms with Gasteiger partial charge in [-0.2, -0.15) is 0 Å². The number of hydrogen-bond acceptors (Lipinski definition) is 6. The van der Waals surface area contributed by atoms with Crippen LogP contribution < -0.4 is 10.2 Å². The molecule has 2 amide bonds. The molecule has 1 N–H and O–H groups in total. The molecule has 1 saturated carbocycles. The molecule has 0 radical (unpaired) electrons. The smallest absolute Gasteiger partial charge is 0.317 e. The van der Waals surface area contributed by atoms with E-state index in [1.165, 1.54) is 10.3 Å². The van der Waals surface area contributed by atoms with Crippen molar-refractivity contribution in [3.63, 3.8) is 0 Å². The van der Waals surface area contributed by atoms with Crippen LogP contribution in [0.4, 0.5) is 10.6 Å². The van der Waals surface area contributed by atoms with E-state index in [0.29, 0.717) is 22.9 Å². The molecule has 9 nitrogen and oxygen atoms in total. The Labute approximate surface area is 212 Å². The highest BCUT2D eigenvalue weighted by molar-refractivity contribution is 7.90. The van der Waals surface area contributed by atoms with E-state index in [1.807, 2.05) is 39.6 Å². The number of likely N-dealkylation sites (tertiary alicyclic amines) is 1. The molecule has 10 heteroatoms. The Balaban J connectivity index is 1.34. The van der Waals surface area contributed by atoms with Gasteiger partial charge in [-0.15, -0.1) is 0 Å². The SMILES string of the molecule is Cc1ccc(S(=O)(=O)n2ccc3c(N(C)C4C[C@@H]5CN(C(=O)NC(C)(C)C)C[C@@H]5C4)ncnc32)cc1. The predicted molar refractivity (Wildman–Crippen MR) is 140 cm³/mol. The van der Waals surface area contributed by atoms with Gasteiger partial charge in [0.15, 0.2) is 5.65 Å². The third kappa shape index (κ3) is 4.42. The number of nitrogens with one attached hydrogen (secondary N) is 1. The summed E-state index contributed by atoms with van der Waals surface area (Å²) in [4.78, 5) is 25.8. The number of benzene rings is 1. The topological polar surface area (TPSA) is 100 Å². The van der Waals surface area contributed by atoms with Gasteiger partial charge in [0.25, 0.3) is 10.0 Å². The zero-order chi connectivity index (χ0) is 25.8. The maximum Gasteiger partial charge on any atom is 0.317 e. The van der Waals surface area contributed by atoms with Gasteiger partial charge in [-0.05, 0) is 70.6 Å². The van der Waals surface area contributed by atoms with E-state index in [4.69, 9.17) is 0 Å². The monoisotopic (exact) mass is 510 g/mol. The maximum atomic E-state index is 13.3. The van der Waals surface area contributed by atoms with Gasteiger partial charge in [0, 0.05) is 37.9 Å². The Hall–Kier alpha value is -3.14. The molecule has 1 aliphatic carbocycles. The Kier molecular flexibility index (Phi) is 5.97. The second-order valence-electron chi connectivity index (χ2n) is 11.2. The quantitative estimate of drug-likeness (QED) is 0.575. The van der Waals surface area contributed by atoms with Gasteiger partial charge in [0.2, 0.25) is 0 Å². The van der Waals surface area contributed by atoms with Crippen LogP contribution in [-0.4, -0.2) is 65.0 Å². The summed E-state index contributed by atoms with van der Waals surface area (Å²) in [6.45, 7) is 9.44. The lowest BCUT2D eigenvalue weighted by atomic mass is 10.0. The molecule has 5 rings (SSSR count). The van der Waals surface area contributed by atoms with E-state index >= 15 is 0 Å². The minimum Gasteiger partial charge on any atom is -0.356 e. The Morgan fingerprint density at radius 1 is 1.06 bits per heavy atom. The van der Waals surface area contributed by atoms with Gasteiger partial charge in [0.1, 0.15) is 12.1 Å². The van der Waals surface area contributed by atoms with Crippen molar-refractivity contribution >= 4 is 32.9 Å². The first kappa shape index (κ1) is 24.5. The van der Waals surface area contributed by atoms with E-state index in [2.05, 4.69) is 20.2 Å². The molecule has 192 valence electrons. The molecule has 1 unspecified atom stereocenters. The third-order valence-corrected chi connectivity index (χ3v) is 9.06. The molecule has 3 heterocycles. The third-order valence-electron chi connectivity index (χ3n) is 7.38. The lowest BCUT2D eigenvalue weighted by Crippen LogP contribution is -2.48. The highest BCUT2D eigenvalue weighted by atomic mass is 32.2. The minimum absolute atomic E-state index is 0.00967. The molecule has 1 aromatic carbocycles. The number of aromatic nitrogens is 3. The number of carbonyl (C=O) groups excluding carboxylic acids is 1. The normalized spacial score (nSPS) is 22.1. The van der Waals surface area contributed by atoms with Gasteiger partial charge < -0.3 is 15.1 Å². The van der Waals surface area contributed by atoms with Crippen molar-refractivity contribution in [1.29, 1.82) is 0 Å². The molecule has 2 aromatic heterocycles. The van der Waals surface area contributed by atoms with Gasteiger partial charge in [-0.3, -0.25) is 0 Å². The van der Waals surface area contributed by atoms with Gasteiger partial charge in [-0.25, -0.2) is 27.2 Å². The van der Waals surface area contributed by atoms with Crippen molar-refractivity contribution in [2.24, 2.45) is 11.8 Å². The highest BCUT2D eigenvalue weighted by Gasteiger charge is 2.44. The van der Waals surface area contributed by atoms with Crippen molar-refractivity contribution < 1.29 is 13.2 Å². The van der Waals surface area contributed by atoms with Crippen molar-refractivity contribution in [1.82, 2.24) is 24.2 Å². The van der Waals surface area contributed by atoms with Crippen LogP contribution >= 0.6 is 0 Å². The number of carbonyl (C=O) groups is 1. The molecule has 0 bridgehead atoms. The molecule has 36 heavy (non-hydrogen) atoms. The number of fused-ring (bicyclic) bond motifs is 2. The average Bonchev–Trinajstić information content (AvgIpc) is 3.51. The Morgan fingerprint density at radius 2 is 1.69 bits per heavy atom. The van der Waals surface area contributed by atoms with Crippen molar-refractivity contribution in [2.45, 2.75) is 57.0 Å². The molecule has 3 aromatic rings. The van der Waals surface area contributed by atoms with Gasteiger partial charge >= 0.3 is 6.03 Å². The summed E-state index contributed by atoms with van der Waals surface area (Å²) in [5, 5.41) is 3.77. The van der Waals surface area contributed by atoms with Crippen molar-refractivity contribution in [2.75, 3.05) is 25.0 Å². The lowest BCUT2D eigenvalue weighted by molar-refractivity contribution is 0.195. The summed E-state index contributed by atoms with van der Waals surface area (Å²) < 4.78 is 27.9. The average molecular weight is 511 g/mol. The van der Waals surface area contributed by atoms with Gasteiger partial charge in [-0.1, -0.05) is 17.7 Å². The number of hydrogen-bond donors (Lipinski definition) is 1. The zero-order valence-corrected chi connectivity index (χ0v) is 22.3. The van der Waals surface area contributed by atoms with E-state index in [-0.39, 0.29) is 22.5 Å². The van der Waals surface area contributed by atoms with Crippen LogP contribution in [0.3, 0.4) is 0 Å². The van der Waals surface area contributed by atoms with Crippen LogP contribution in [-0.2, 0) is 10.0 Å². The Bertz CT molecular complexity index is 1380. The van der Waals surface area contributed by atoms with Crippen molar-refractivity contribution in [3.8, 4) is 0 Å². The number of amides is 2. The fourth-order valence-corrected chi connectivity index (χ4v) is 6.84. The molecule has 0 spiro atoms. The minimum atomic E-state index is -3.78. The molecule has 3 atom stereocenters. The van der Waals surface area contributed by atoms with E-state index in [0.717, 1.165) is 37.3 Å². The largest absolute Gasteiger partial charge is 0.356 e. The van der Waals surface area contributed by atoms with E-state index in [9.17, 15) is 13.2 Å². The first-order valence-electron chi connectivity index (χ1n) is 12.4. The van der Waals surface area contributed by atoms with E-state index in [1.54, 1.807) is 36.5 Å². The van der Waals surface area contributed by atoms with Crippen LogP contribution in [0.1, 0.15) is 39.2 Å². The summed E-state index contributed by atoms with van der Waals surface area (Å²) in [6.07, 6.45) is 4.92. The lowest BCUT2D eigenvalue weighted by Gasteiger charge is -2.29. The zero-order valence-electron chi connectivity index (χ0n) is 21.5. The van der Waals surface area contributed by atoms with Crippen LogP contribution in [0.15, 0.2) is 47.8 Å². The Morgan fingerprint density at radius 3 is 2.31 bits per heavy atom. The van der Waals surface area contributed by atoms with Crippen LogP contribution in [0, 0.1) is 18.8 Å². The summed E-state index contributed by atoms with van der Waals surface area (Å²) >= 11 is 0. The summed E-state index contributed by atoms with van der Waals surface area (Å²) in [5.74, 6) is 1.63. The second kappa shape index (κ2) is 8.76. The number of nitrogens with zero attached hydrogens (tertiary/aromatic N) is 5. The van der Waals surface area contributed by atoms with Crippen LogP contribution in [0.2, 0.25) is 0 Å². The standard InChI is InChI=1S/C26H34N6O3S/c1-17-6-8-21(9-7-17)36(34,35)32-11-10-22-23(27-16-28-24(22)32)30(5)20-12-18-14-31(15-19(18)13-20)25(33)29-26(2,3)4/h6-11,16,18-20H,12-15H2,1-5H3,(H,29,33)/t18-,19+,20?.